The van der Waals surface area contributed by atoms with Crippen molar-refractivity contribution in [2.24, 2.45) is 0 Å². The van der Waals surface area contributed by atoms with Gasteiger partial charge in [0.1, 0.15) is 16.5 Å². The first-order valence-electron chi connectivity index (χ1n) is 5.18. The standard InChI is InChI=1S/C10H12BrNO5S/c1-18(13,14)17-9-6-15-5-8(9)16-7-2-3-10(11)12-4-7/h2-4,8-9H,5-6H2,1H3/t8-,9-/m0/s1. The van der Waals surface area contributed by atoms with Crippen LogP contribution in [0, 0.1) is 0 Å². The zero-order valence-electron chi connectivity index (χ0n) is 9.58. The van der Waals surface area contributed by atoms with Gasteiger partial charge in [0, 0.05) is 0 Å². The van der Waals surface area contributed by atoms with Crippen LogP contribution in [0.5, 0.6) is 5.75 Å². The summed E-state index contributed by atoms with van der Waals surface area (Å²) in [5.41, 5.74) is 0. The van der Waals surface area contributed by atoms with Crippen LogP contribution < -0.4 is 4.74 Å². The average Bonchev–Trinajstić information content (AvgIpc) is 2.67. The molecule has 1 aliphatic heterocycles. The Balaban J connectivity index is 2.01. The molecule has 100 valence electrons. The van der Waals surface area contributed by atoms with E-state index in [0.29, 0.717) is 10.4 Å². The maximum Gasteiger partial charge on any atom is 0.264 e. The fourth-order valence-corrected chi connectivity index (χ4v) is 2.41. The first-order valence-corrected chi connectivity index (χ1v) is 7.79. The third-order valence-electron chi connectivity index (χ3n) is 2.27. The molecular weight excluding hydrogens is 326 g/mol. The summed E-state index contributed by atoms with van der Waals surface area (Å²) < 4.78 is 38.5. The quantitative estimate of drug-likeness (QED) is 0.602. The van der Waals surface area contributed by atoms with Crippen molar-refractivity contribution in [1.82, 2.24) is 4.98 Å². The summed E-state index contributed by atoms with van der Waals surface area (Å²) >= 11 is 3.21. The molecule has 0 N–H and O–H groups in total. The lowest BCUT2D eigenvalue weighted by molar-refractivity contribution is 0.0964. The van der Waals surface area contributed by atoms with E-state index in [4.69, 9.17) is 13.7 Å². The molecule has 0 bridgehead atoms. The van der Waals surface area contributed by atoms with Gasteiger partial charge in [0.25, 0.3) is 10.1 Å². The largest absolute Gasteiger partial charge is 0.484 e. The molecule has 8 heteroatoms. The predicted octanol–water partition coefficient (Wildman–Crippen LogP) is 0.966. The first-order chi connectivity index (χ1) is 8.44. The minimum absolute atomic E-state index is 0.196. The number of hydrogen-bond acceptors (Lipinski definition) is 6. The molecule has 0 spiro atoms. The van der Waals surface area contributed by atoms with Crippen molar-refractivity contribution >= 4 is 26.0 Å². The molecule has 2 heterocycles. The smallest absolute Gasteiger partial charge is 0.264 e. The highest BCUT2D eigenvalue weighted by atomic mass is 79.9. The second-order valence-corrected chi connectivity index (χ2v) is 6.26. The second kappa shape index (κ2) is 5.52. The zero-order valence-corrected chi connectivity index (χ0v) is 12.0. The molecule has 1 aromatic rings. The van der Waals surface area contributed by atoms with Gasteiger partial charge in [-0.25, -0.2) is 4.98 Å². The minimum atomic E-state index is -3.52. The monoisotopic (exact) mass is 337 g/mol. The third kappa shape index (κ3) is 3.91. The summed E-state index contributed by atoms with van der Waals surface area (Å²) in [6.07, 6.45) is 1.47. The van der Waals surface area contributed by atoms with Crippen LogP contribution in [-0.4, -0.2) is 45.1 Å². The molecule has 0 amide bonds. The van der Waals surface area contributed by atoms with Gasteiger partial charge in [0.05, 0.1) is 25.7 Å². The summed E-state index contributed by atoms with van der Waals surface area (Å²) in [6.45, 7) is 0.484. The molecule has 2 atom stereocenters. The molecule has 1 aromatic heterocycles. The molecule has 18 heavy (non-hydrogen) atoms. The number of aromatic nitrogens is 1. The molecule has 0 unspecified atom stereocenters. The highest BCUT2D eigenvalue weighted by Gasteiger charge is 2.33. The van der Waals surface area contributed by atoms with Gasteiger partial charge < -0.3 is 9.47 Å². The van der Waals surface area contributed by atoms with Crippen LogP contribution in [0.3, 0.4) is 0 Å². The van der Waals surface area contributed by atoms with Crippen molar-refractivity contribution in [2.45, 2.75) is 12.2 Å². The van der Waals surface area contributed by atoms with Crippen molar-refractivity contribution in [3.05, 3.63) is 22.9 Å². The number of pyridine rings is 1. The van der Waals surface area contributed by atoms with Crippen molar-refractivity contribution in [3.63, 3.8) is 0 Å². The highest BCUT2D eigenvalue weighted by Crippen LogP contribution is 2.20. The SMILES string of the molecule is CS(=O)(=O)O[C@H]1COC[C@@H]1Oc1ccc(Br)nc1. The average molecular weight is 338 g/mol. The highest BCUT2D eigenvalue weighted by molar-refractivity contribution is 9.10. The molecule has 1 aliphatic rings. The van der Waals surface area contributed by atoms with Gasteiger partial charge in [-0.15, -0.1) is 0 Å². The number of rotatable bonds is 4. The van der Waals surface area contributed by atoms with E-state index in [1.165, 1.54) is 0 Å². The lowest BCUT2D eigenvalue weighted by Gasteiger charge is -2.18. The molecule has 0 aromatic carbocycles. The normalized spacial score (nSPS) is 24.1. The summed E-state index contributed by atoms with van der Waals surface area (Å²) in [5, 5.41) is 0. The van der Waals surface area contributed by atoms with Gasteiger partial charge >= 0.3 is 0 Å². The van der Waals surface area contributed by atoms with E-state index in [1.54, 1.807) is 18.3 Å². The molecule has 6 nitrogen and oxygen atoms in total. The van der Waals surface area contributed by atoms with Gasteiger partial charge in [-0.2, -0.15) is 8.42 Å². The van der Waals surface area contributed by atoms with E-state index in [1.807, 2.05) is 0 Å². The van der Waals surface area contributed by atoms with E-state index in [-0.39, 0.29) is 13.2 Å². The van der Waals surface area contributed by atoms with Gasteiger partial charge in [-0.1, -0.05) is 0 Å². The van der Waals surface area contributed by atoms with E-state index < -0.39 is 22.3 Å². The van der Waals surface area contributed by atoms with Gasteiger partial charge in [0.15, 0.2) is 6.10 Å². The van der Waals surface area contributed by atoms with E-state index in [9.17, 15) is 8.42 Å². The Hall–Kier alpha value is -0.700. The zero-order chi connectivity index (χ0) is 13.2. The van der Waals surface area contributed by atoms with Crippen LogP contribution in [0.2, 0.25) is 0 Å². The second-order valence-electron chi connectivity index (χ2n) is 3.85. The van der Waals surface area contributed by atoms with Crippen molar-refractivity contribution < 1.29 is 22.1 Å². The molecule has 0 saturated carbocycles. The van der Waals surface area contributed by atoms with Crippen molar-refractivity contribution in [2.75, 3.05) is 19.5 Å². The maximum atomic E-state index is 11.1. The lowest BCUT2D eigenvalue weighted by Crippen LogP contribution is -2.34. The van der Waals surface area contributed by atoms with Crippen molar-refractivity contribution in [1.29, 1.82) is 0 Å². The Bertz CT molecular complexity index is 504. The third-order valence-corrected chi connectivity index (χ3v) is 3.33. The van der Waals surface area contributed by atoms with Crippen LogP contribution in [0.4, 0.5) is 0 Å². The number of nitrogens with zero attached hydrogens (tertiary/aromatic N) is 1. The Morgan fingerprint density at radius 3 is 2.72 bits per heavy atom. The van der Waals surface area contributed by atoms with Crippen LogP contribution in [0.25, 0.3) is 0 Å². The van der Waals surface area contributed by atoms with Crippen molar-refractivity contribution in [3.8, 4) is 5.75 Å². The molecule has 0 aliphatic carbocycles. The first kappa shape index (κ1) is 13.7. The molecular formula is C10H12BrNO5S. The van der Waals surface area contributed by atoms with Gasteiger partial charge in [0.2, 0.25) is 0 Å². The molecule has 0 radical (unpaired) electrons. The summed E-state index contributed by atoms with van der Waals surface area (Å²) in [5.74, 6) is 0.538. The summed E-state index contributed by atoms with van der Waals surface area (Å²) in [4.78, 5) is 4.01. The minimum Gasteiger partial charge on any atom is -0.484 e. The molecule has 2 rings (SSSR count). The van der Waals surface area contributed by atoms with Crippen LogP contribution in [-0.2, 0) is 19.0 Å². The fourth-order valence-electron chi connectivity index (χ4n) is 1.55. The molecule has 1 saturated heterocycles. The van der Waals surface area contributed by atoms with E-state index in [2.05, 4.69) is 20.9 Å². The predicted molar refractivity (Wildman–Crippen MR) is 66.9 cm³/mol. The number of halogens is 1. The van der Waals surface area contributed by atoms with Gasteiger partial charge in [-0.3, -0.25) is 4.18 Å². The Morgan fingerprint density at radius 2 is 2.11 bits per heavy atom. The fraction of sp³-hybridized carbons (Fsp3) is 0.500. The van der Waals surface area contributed by atoms with E-state index in [0.717, 1.165) is 6.26 Å². The van der Waals surface area contributed by atoms with Crippen LogP contribution >= 0.6 is 15.9 Å². The topological polar surface area (TPSA) is 74.7 Å². The Kier molecular flexibility index (Phi) is 4.21. The van der Waals surface area contributed by atoms with Gasteiger partial charge in [-0.05, 0) is 28.1 Å². The van der Waals surface area contributed by atoms with E-state index >= 15 is 0 Å². The summed E-state index contributed by atoms with van der Waals surface area (Å²) in [7, 11) is -3.52. The summed E-state index contributed by atoms with van der Waals surface area (Å²) in [6, 6.07) is 3.46. The van der Waals surface area contributed by atoms with Crippen LogP contribution in [0.15, 0.2) is 22.9 Å². The number of ether oxygens (including phenoxy) is 2. The Morgan fingerprint density at radius 1 is 1.39 bits per heavy atom. The lowest BCUT2D eigenvalue weighted by atomic mass is 10.2. The number of hydrogen-bond donors (Lipinski definition) is 0. The Labute approximate surface area is 114 Å². The van der Waals surface area contributed by atoms with Crippen LogP contribution in [0.1, 0.15) is 0 Å². The molecule has 1 fully saturated rings. The maximum absolute atomic E-state index is 11.1.